The zero-order chi connectivity index (χ0) is 16.8. The number of morpholine rings is 1. The van der Waals surface area contributed by atoms with E-state index in [4.69, 9.17) is 4.74 Å². The maximum atomic E-state index is 12.8. The highest BCUT2D eigenvalue weighted by Gasteiger charge is 2.13. The number of halogens is 1. The lowest BCUT2D eigenvalue weighted by atomic mass is 10.2. The first-order chi connectivity index (χ1) is 11.7. The number of carbonyl (C=O) groups is 1. The third kappa shape index (κ3) is 4.95. The Morgan fingerprint density at radius 2 is 2.08 bits per heavy atom. The number of hydrogen-bond donors (Lipinski definition) is 1. The molecular weight excluding hydrogens is 329 g/mol. The predicted octanol–water partition coefficient (Wildman–Crippen LogP) is 2.77. The minimum absolute atomic E-state index is 0.258. The Labute approximate surface area is 143 Å². The molecule has 0 aliphatic carbocycles. The SMILES string of the molecule is O=C(/C=C\c1ccc(F)cc1)Nc1nc(CN2CCOCC2)cs1. The van der Waals surface area contributed by atoms with Crippen molar-refractivity contribution < 1.29 is 13.9 Å². The fraction of sp³-hybridized carbons (Fsp3) is 0.294. The van der Waals surface area contributed by atoms with Crippen LogP contribution in [0.3, 0.4) is 0 Å². The molecule has 1 fully saturated rings. The zero-order valence-electron chi connectivity index (χ0n) is 13.1. The number of benzene rings is 1. The third-order valence-corrected chi connectivity index (χ3v) is 4.37. The number of hydrogen-bond acceptors (Lipinski definition) is 5. The molecular formula is C17H18FN3O2S. The minimum atomic E-state index is -0.299. The summed E-state index contributed by atoms with van der Waals surface area (Å²) < 4.78 is 18.1. The number of rotatable bonds is 5. The van der Waals surface area contributed by atoms with Crippen molar-refractivity contribution in [3.8, 4) is 0 Å². The maximum Gasteiger partial charge on any atom is 0.250 e. The van der Waals surface area contributed by atoms with E-state index in [1.165, 1.54) is 29.5 Å². The lowest BCUT2D eigenvalue weighted by Gasteiger charge is -2.25. The van der Waals surface area contributed by atoms with Gasteiger partial charge in [-0.15, -0.1) is 11.3 Å². The van der Waals surface area contributed by atoms with Crippen LogP contribution in [0, 0.1) is 5.82 Å². The summed E-state index contributed by atoms with van der Waals surface area (Å²) in [5, 5.41) is 5.27. The van der Waals surface area contributed by atoms with Gasteiger partial charge in [0.2, 0.25) is 5.91 Å². The van der Waals surface area contributed by atoms with E-state index in [9.17, 15) is 9.18 Å². The van der Waals surface area contributed by atoms with E-state index >= 15 is 0 Å². The molecule has 0 unspecified atom stereocenters. The van der Waals surface area contributed by atoms with Crippen LogP contribution in [0.25, 0.3) is 6.08 Å². The van der Waals surface area contributed by atoms with Crippen LogP contribution in [-0.4, -0.2) is 42.1 Å². The molecule has 0 atom stereocenters. The highest BCUT2D eigenvalue weighted by atomic mass is 32.1. The average Bonchev–Trinajstić information content (AvgIpc) is 3.02. The lowest BCUT2D eigenvalue weighted by molar-refractivity contribution is -0.111. The molecule has 0 radical (unpaired) electrons. The van der Waals surface area contributed by atoms with Gasteiger partial charge in [-0.05, 0) is 23.8 Å². The van der Waals surface area contributed by atoms with Crippen molar-refractivity contribution in [2.75, 3.05) is 31.6 Å². The second kappa shape index (κ2) is 8.14. The van der Waals surface area contributed by atoms with Gasteiger partial charge < -0.3 is 4.74 Å². The molecule has 2 heterocycles. The predicted molar refractivity (Wildman–Crippen MR) is 92.3 cm³/mol. The van der Waals surface area contributed by atoms with Crippen LogP contribution in [0.1, 0.15) is 11.3 Å². The number of nitrogens with one attached hydrogen (secondary N) is 1. The van der Waals surface area contributed by atoms with Gasteiger partial charge in [-0.2, -0.15) is 0 Å². The van der Waals surface area contributed by atoms with Gasteiger partial charge in [0.05, 0.1) is 18.9 Å². The van der Waals surface area contributed by atoms with Gasteiger partial charge >= 0.3 is 0 Å². The standard InChI is InChI=1S/C17H18FN3O2S/c18-14-4-1-13(2-5-14)3-6-16(22)20-17-19-15(12-24-17)11-21-7-9-23-10-8-21/h1-6,12H,7-11H2,(H,19,20,22)/b6-3-. The van der Waals surface area contributed by atoms with E-state index < -0.39 is 0 Å². The van der Waals surface area contributed by atoms with E-state index in [0.717, 1.165) is 44.1 Å². The Morgan fingerprint density at radius 1 is 1.33 bits per heavy atom. The number of aromatic nitrogens is 1. The molecule has 1 amide bonds. The Morgan fingerprint density at radius 3 is 2.83 bits per heavy atom. The fourth-order valence-corrected chi connectivity index (χ4v) is 3.02. The molecule has 1 aromatic heterocycles. The summed E-state index contributed by atoms with van der Waals surface area (Å²) in [6, 6.07) is 5.94. The Balaban J connectivity index is 1.52. The molecule has 2 aromatic rings. The Hall–Kier alpha value is -2.09. The van der Waals surface area contributed by atoms with Crippen molar-refractivity contribution in [2.45, 2.75) is 6.54 Å². The number of thiazole rings is 1. The van der Waals surface area contributed by atoms with Crippen LogP contribution < -0.4 is 5.32 Å². The molecule has 1 N–H and O–H groups in total. The summed E-state index contributed by atoms with van der Waals surface area (Å²) in [5.41, 5.74) is 1.71. The molecule has 0 bridgehead atoms. The second-order valence-electron chi connectivity index (χ2n) is 5.41. The molecule has 5 nitrogen and oxygen atoms in total. The van der Waals surface area contributed by atoms with E-state index in [-0.39, 0.29) is 11.7 Å². The maximum absolute atomic E-state index is 12.8. The van der Waals surface area contributed by atoms with E-state index in [2.05, 4.69) is 15.2 Å². The van der Waals surface area contributed by atoms with Crippen molar-refractivity contribution in [3.63, 3.8) is 0 Å². The number of carbonyl (C=O) groups excluding carboxylic acids is 1. The topological polar surface area (TPSA) is 54.5 Å². The highest BCUT2D eigenvalue weighted by molar-refractivity contribution is 7.13. The Bertz CT molecular complexity index is 709. The lowest BCUT2D eigenvalue weighted by Crippen LogP contribution is -2.35. The molecule has 0 spiro atoms. The summed E-state index contributed by atoms with van der Waals surface area (Å²) in [4.78, 5) is 18.6. The molecule has 0 saturated carbocycles. The third-order valence-electron chi connectivity index (χ3n) is 3.57. The van der Waals surface area contributed by atoms with Gasteiger partial charge in [-0.25, -0.2) is 9.37 Å². The van der Waals surface area contributed by atoms with Crippen LogP contribution in [0.2, 0.25) is 0 Å². The van der Waals surface area contributed by atoms with Crippen LogP contribution in [-0.2, 0) is 16.1 Å². The van der Waals surface area contributed by atoms with E-state index in [1.807, 2.05) is 5.38 Å². The number of nitrogens with zero attached hydrogens (tertiary/aromatic N) is 2. The number of ether oxygens (including phenoxy) is 1. The first kappa shape index (κ1) is 16.8. The molecule has 3 rings (SSSR count). The van der Waals surface area contributed by atoms with Gasteiger partial charge in [0, 0.05) is 31.1 Å². The monoisotopic (exact) mass is 347 g/mol. The molecule has 1 aromatic carbocycles. The van der Waals surface area contributed by atoms with Crippen molar-refractivity contribution in [3.05, 3.63) is 52.8 Å². The second-order valence-corrected chi connectivity index (χ2v) is 6.26. The van der Waals surface area contributed by atoms with Crippen molar-refractivity contribution in [1.82, 2.24) is 9.88 Å². The fourth-order valence-electron chi connectivity index (χ4n) is 2.32. The molecule has 7 heteroatoms. The minimum Gasteiger partial charge on any atom is -0.379 e. The van der Waals surface area contributed by atoms with Crippen molar-refractivity contribution in [1.29, 1.82) is 0 Å². The van der Waals surface area contributed by atoms with Gasteiger partial charge in [-0.3, -0.25) is 15.0 Å². The molecule has 24 heavy (non-hydrogen) atoms. The highest BCUT2D eigenvalue weighted by Crippen LogP contribution is 2.17. The van der Waals surface area contributed by atoms with E-state index in [0.29, 0.717) is 5.13 Å². The van der Waals surface area contributed by atoms with Gasteiger partial charge in [0.25, 0.3) is 0 Å². The molecule has 1 aliphatic rings. The molecule has 1 aliphatic heterocycles. The Kier molecular flexibility index (Phi) is 5.68. The van der Waals surface area contributed by atoms with Crippen LogP contribution in [0.5, 0.6) is 0 Å². The molecule has 1 saturated heterocycles. The first-order valence-electron chi connectivity index (χ1n) is 7.68. The molecule has 126 valence electrons. The van der Waals surface area contributed by atoms with Crippen molar-refractivity contribution >= 4 is 28.5 Å². The average molecular weight is 347 g/mol. The largest absolute Gasteiger partial charge is 0.379 e. The van der Waals surface area contributed by atoms with Gasteiger partial charge in [-0.1, -0.05) is 12.1 Å². The van der Waals surface area contributed by atoms with Gasteiger partial charge in [0.1, 0.15) is 5.82 Å². The summed E-state index contributed by atoms with van der Waals surface area (Å²) in [7, 11) is 0. The van der Waals surface area contributed by atoms with Gasteiger partial charge in [0.15, 0.2) is 5.13 Å². The normalized spacial score (nSPS) is 15.7. The number of anilines is 1. The summed E-state index contributed by atoms with van der Waals surface area (Å²) in [6.45, 7) is 4.07. The van der Waals surface area contributed by atoms with Crippen LogP contribution in [0.15, 0.2) is 35.7 Å². The van der Waals surface area contributed by atoms with E-state index in [1.54, 1.807) is 18.2 Å². The smallest absolute Gasteiger partial charge is 0.250 e. The van der Waals surface area contributed by atoms with Crippen LogP contribution >= 0.6 is 11.3 Å². The van der Waals surface area contributed by atoms with Crippen LogP contribution in [0.4, 0.5) is 9.52 Å². The first-order valence-corrected chi connectivity index (χ1v) is 8.56. The summed E-state index contributed by atoms with van der Waals surface area (Å²) >= 11 is 1.41. The zero-order valence-corrected chi connectivity index (χ0v) is 13.9. The number of amides is 1. The van der Waals surface area contributed by atoms with Crippen molar-refractivity contribution in [2.24, 2.45) is 0 Å². The quantitative estimate of drug-likeness (QED) is 0.845. The summed E-state index contributed by atoms with van der Waals surface area (Å²) in [6.07, 6.45) is 3.05. The summed E-state index contributed by atoms with van der Waals surface area (Å²) in [5.74, 6) is -0.557.